The Labute approximate surface area is 216 Å². The first kappa shape index (κ1) is 26.1. The average molecular weight is 530 g/mol. The zero-order valence-corrected chi connectivity index (χ0v) is 21.8. The van der Waals surface area contributed by atoms with E-state index < -0.39 is 29.3 Å². The minimum absolute atomic E-state index is 0.0396. The number of nitrogens with zero attached hydrogens (tertiary/aromatic N) is 3. The Morgan fingerprint density at radius 3 is 2.56 bits per heavy atom. The van der Waals surface area contributed by atoms with Crippen molar-refractivity contribution in [3.05, 3.63) is 69.3 Å². The third-order valence-corrected chi connectivity index (χ3v) is 7.90. The maximum atomic E-state index is 15.8. The van der Waals surface area contributed by atoms with Crippen LogP contribution in [0.25, 0.3) is 0 Å². The highest BCUT2D eigenvalue weighted by molar-refractivity contribution is 7.98. The van der Waals surface area contributed by atoms with Crippen molar-refractivity contribution in [3.8, 4) is 0 Å². The number of carbonyl (C=O) groups is 2. The molecule has 0 spiro atoms. The number of thiophene rings is 1. The number of nitrogens with two attached hydrogens (primary N) is 1. The molecule has 3 heterocycles. The quantitative estimate of drug-likeness (QED) is 0.252. The van der Waals surface area contributed by atoms with Gasteiger partial charge >= 0.3 is 0 Å². The van der Waals surface area contributed by atoms with Gasteiger partial charge in [-0.25, -0.2) is 4.39 Å². The average Bonchev–Trinajstić information content (AvgIpc) is 3.56. The molecule has 11 heteroatoms. The van der Waals surface area contributed by atoms with Crippen LogP contribution in [0.5, 0.6) is 0 Å². The molecule has 36 heavy (non-hydrogen) atoms. The number of aromatic nitrogens is 2. The molecular weight excluding hydrogens is 501 g/mol. The molecule has 8 nitrogen and oxygen atoms in total. The van der Waals surface area contributed by atoms with Crippen LogP contribution in [-0.4, -0.2) is 50.2 Å². The molecule has 2 atom stereocenters. The van der Waals surface area contributed by atoms with E-state index in [9.17, 15) is 14.7 Å². The summed E-state index contributed by atoms with van der Waals surface area (Å²) in [5, 5.41) is 24.3. The number of halogens is 1. The van der Waals surface area contributed by atoms with Gasteiger partial charge in [-0.05, 0) is 17.0 Å². The van der Waals surface area contributed by atoms with Crippen LogP contribution in [0.4, 0.5) is 4.39 Å². The Hall–Kier alpha value is -3.02. The third kappa shape index (κ3) is 5.23. The number of benzene rings is 1. The van der Waals surface area contributed by atoms with Gasteiger partial charge in [0.1, 0.15) is 22.8 Å². The molecule has 0 radical (unpaired) electrons. The van der Waals surface area contributed by atoms with Crippen molar-refractivity contribution in [2.24, 2.45) is 11.1 Å². The van der Waals surface area contributed by atoms with Gasteiger partial charge in [0.25, 0.3) is 5.91 Å². The van der Waals surface area contributed by atoms with E-state index in [1.165, 1.54) is 16.2 Å². The van der Waals surface area contributed by atoms with E-state index in [-0.39, 0.29) is 35.4 Å². The number of thioether (sulfide) groups is 1. The minimum atomic E-state index is -1.05. The predicted octanol–water partition coefficient (Wildman–Crippen LogP) is 4.03. The van der Waals surface area contributed by atoms with Crippen molar-refractivity contribution >= 4 is 40.7 Å². The fourth-order valence-corrected chi connectivity index (χ4v) is 5.64. The molecule has 0 saturated carbocycles. The monoisotopic (exact) mass is 529 g/mol. The van der Waals surface area contributed by atoms with E-state index in [2.05, 4.69) is 5.10 Å². The standard InChI is InChI=1S/C25H28FN5O3S2/c1-25(2,3)24(34)30-12-16(11-18(30)32)20-19(26)23(31(29-20)22(33)17-5-4-10-35-17)36-13-14-6-8-15(9-7-14)21(27)28/h4-10,16,18,32H,11-13H2,1-3H3,(H3,27,28). The van der Waals surface area contributed by atoms with Gasteiger partial charge in [0, 0.05) is 35.6 Å². The summed E-state index contributed by atoms with van der Waals surface area (Å²) in [4.78, 5) is 27.7. The van der Waals surface area contributed by atoms with Crippen LogP contribution in [0.1, 0.15) is 59.6 Å². The van der Waals surface area contributed by atoms with Crippen molar-refractivity contribution in [2.75, 3.05) is 6.54 Å². The lowest BCUT2D eigenvalue weighted by atomic mass is 9.95. The normalized spacial score (nSPS) is 18.0. The molecule has 4 rings (SSSR count). The van der Waals surface area contributed by atoms with Crippen LogP contribution in [0.3, 0.4) is 0 Å². The van der Waals surface area contributed by atoms with E-state index in [0.717, 1.165) is 22.0 Å². The molecular formula is C25H28FN5O3S2. The van der Waals surface area contributed by atoms with Crippen LogP contribution >= 0.6 is 23.1 Å². The number of amidine groups is 1. The number of rotatable bonds is 6. The second-order valence-corrected chi connectivity index (χ2v) is 11.6. The predicted molar refractivity (Wildman–Crippen MR) is 138 cm³/mol. The molecule has 2 aromatic heterocycles. The third-order valence-electron chi connectivity index (χ3n) is 5.94. The van der Waals surface area contributed by atoms with Crippen molar-refractivity contribution in [3.63, 3.8) is 0 Å². The number of carbonyl (C=O) groups excluding carboxylic acids is 2. The van der Waals surface area contributed by atoms with Crippen molar-refractivity contribution in [1.29, 1.82) is 5.41 Å². The molecule has 1 aromatic carbocycles. The molecule has 1 aliphatic heterocycles. The first-order valence-electron chi connectivity index (χ1n) is 11.4. The highest BCUT2D eigenvalue weighted by Crippen LogP contribution is 2.38. The van der Waals surface area contributed by atoms with E-state index >= 15 is 4.39 Å². The second-order valence-electron chi connectivity index (χ2n) is 9.72. The summed E-state index contributed by atoms with van der Waals surface area (Å²) in [6, 6.07) is 10.4. The molecule has 2 unspecified atom stereocenters. The van der Waals surface area contributed by atoms with Crippen LogP contribution < -0.4 is 5.73 Å². The molecule has 3 aromatic rings. The maximum Gasteiger partial charge on any atom is 0.289 e. The molecule has 1 saturated heterocycles. The van der Waals surface area contributed by atoms with E-state index in [1.54, 1.807) is 62.5 Å². The van der Waals surface area contributed by atoms with Crippen LogP contribution in [0, 0.1) is 16.6 Å². The number of aliphatic hydroxyl groups excluding tert-OH is 1. The Balaban J connectivity index is 1.64. The Kier molecular flexibility index (Phi) is 7.35. The fraction of sp³-hybridized carbons (Fsp3) is 0.360. The Bertz CT molecular complexity index is 1280. The summed E-state index contributed by atoms with van der Waals surface area (Å²) >= 11 is 2.38. The van der Waals surface area contributed by atoms with Gasteiger partial charge in [-0.2, -0.15) is 9.78 Å². The lowest BCUT2D eigenvalue weighted by Gasteiger charge is -2.28. The molecule has 1 fully saturated rings. The van der Waals surface area contributed by atoms with Gasteiger partial charge in [0.05, 0.1) is 4.88 Å². The Morgan fingerprint density at radius 1 is 1.28 bits per heavy atom. The highest BCUT2D eigenvalue weighted by Gasteiger charge is 2.41. The number of amides is 1. The first-order valence-corrected chi connectivity index (χ1v) is 13.3. The van der Waals surface area contributed by atoms with Gasteiger partial charge in [0.15, 0.2) is 5.82 Å². The summed E-state index contributed by atoms with van der Waals surface area (Å²) in [6.45, 7) is 5.42. The number of hydrogen-bond acceptors (Lipinski definition) is 7. The molecule has 0 bridgehead atoms. The lowest BCUT2D eigenvalue weighted by Crippen LogP contribution is -2.42. The van der Waals surface area contributed by atoms with Crippen LogP contribution in [0.15, 0.2) is 46.8 Å². The zero-order chi connectivity index (χ0) is 26.2. The van der Waals surface area contributed by atoms with E-state index in [1.807, 2.05) is 0 Å². The second kappa shape index (κ2) is 10.2. The topological polar surface area (TPSA) is 125 Å². The molecule has 1 amide bonds. The number of nitrogens with one attached hydrogen (secondary N) is 1. The van der Waals surface area contributed by atoms with Gasteiger partial charge < -0.3 is 15.7 Å². The lowest BCUT2D eigenvalue weighted by molar-refractivity contribution is -0.146. The summed E-state index contributed by atoms with van der Waals surface area (Å²) in [7, 11) is 0. The Morgan fingerprint density at radius 2 is 1.97 bits per heavy atom. The largest absolute Gasteiger partial charge is 0.384 e. The van der Waals surface area contributed by atoms with Gasteiger partial charge in [-0.1, -0.05) is 62.9 Å². The zero-order valence-electron chi connectivity index (χ0n) is 20.2. The summed E-state index contributed by atoms with van der Waals surface area (Å²) < 4.78 is 16.9. The molecule has 0 aliphatic carbocycles. The van der Waals surface area contributed by atoms with E-state index in [4.69, 9.17) is 11.1 Å². The summed E-state index contributed by atoms with van der Waals surface area (Å²) in [5.74, 6) is -1.51. The maximum absolute atomic E-state index is 15.8. The van der Waals surface area contributed by atoms with Crippen molar-refractivity contribution in [2.45, 2.75) is 50.1 Å². The number of likely N-dealkylation sites (tertiary alicyclic amines) is 1. The molecule has 1 aliphatic rings. The van der Waals surface area contributed by atoms with Gasteiger partial charge in [0.2, 0.25) is 5.91 Å². The van der Waals surface area contributed by atoms with Gasteiger partial charge in [-0.15, -0.1) is 11.3 Å². The van der Waals surface area contributed by atoms with Crippen molar-refractivity contribution in [1.82, 2.24) is 14.7 Å². The van der Waals surface area contributed by atoms with Crippen LogP contribution in [0.2, 0.25) is 0 Å². The van der Waals surface area contributed by atoms with Crippen molar-refractivity contribution < 1.29 is 19.1 Å². The minimum Gasteiger partial charge on any atom is -0.384 e. The fourth-order valence-electron chi connectivity index (χ4n) is 4.02. The van der Waals surface area contributed by atoms with Crippen LogP contribution in [-0.2, 0) is 10.5 Å². The summed E-state index contributed by atoms with van der Waals surface area (Å²) in [5.41, 5.74) is 6.33. The number of hydrogen-bond donors (Lipinski definition) is 3. The number of aliphatic hydroxyl groups is 1. The van der Waals surface area contributed by atoms with Gasteiger partial charge in [-0.3, -0.25) is 15.0 Å². The highest BCUT2D eigenvalue weighted by atomic mass is 32.2. The smallest absolute Gasteiger partial charge is 0.289 e. The molecule has 4 N–H and O–H groups in total. The summed E-state index contributed by atoms with van der Waals surface area (Å²) in [6.07, 6.45) is -0.908. The van der Waals surface area contributed by atoms with E-state index in [0.29, 0.717) is 16.2 Å². The molecule has 190 valence electrons. The first-order chi connectivity index (χ1) is 17.0. The number of nitrogen functional groups attached to an aromatic ring is 1. The SMILES string of the molecule is CC(C)(C)C(=O)N1CC(c2nn(C(=O)c3cccs3)c(SCc3ccc(C(=N)N)cc3)c2F)CC1O.